The quantitative estimate of drug-likeness (QED) is 0.652. The van der Waals surface area contributed by atoms with E-state index in [0.29, 0.717) is 18.0 Å². The van der Waals surface area contributed by atoms with Gasteiger partial charge in [0, 0.05) is 23.8 Å². The average molecular weight is 386 g/mol. The Kier molecular flexibility index (Phi) is 6.42. The Hall–Kier alpha value is -1.32. The summed E-state index contributed by atoms with van der Waals surface area (Å²) >= 11 is 0. The third-order valence-corrected chi connectivity index (χ3v) is 7.76. The smallest absolute Gasteiger partial charge is 0.274 e. The number of nitrogens with zero attached hydrogens (tertiary/aromatic N) is 3. The molecule has 1 aromatic rings. The number of rotatable bonds is 5. The zero-order chi connectivity index (χ0) is 19.5. The zero-order valence-corrected chi connectivity index (χ0v) is 18.1. The van der Waals surface area contributed by atoms with E-state index >= 15 is 0 Å². The second-order valence-corrected chi connectivity index (χ2v) is 9.45. The molecule has 0 aliphatic heterocycles. The highest BCUT2D eigenvalue weighted by Crippen LogP contribution is 2.35. The fraction of sp³-hybridized carbons (Fsp3) is 0.833. The van der Waals surface area contributed by atoms with Crippen molar-refractivity contribution in [3.05, 3.63) is 17.0 Å². The molecule has 0 spiro atoms. The van der Waals surface area contributed by atoms with Crippen LogP contribution in [0.5, 0.6) is 0 Å². The predicted molar refractivity (Wildman–Crippen MR) is 114 cm³/mol. The van der Waals surface area contributed by atoms with Crippen molar-refractivity contribution in [3.63, 3.8) is 0 Å². The molecule has 4 nitrogen and oxygen atoms in total. The lowest BCUT2D eigenvalue weighted by molar-refractivity contribution is 0.0604. The first kappa shape index (κ1) is 20.0. The molecule has 4 rings (SSSR count). The molecule has 1 amide bonds. The number of carbonyl (C=O) groups is 1. The van der Waals surface area contributed by atoms with E-state index < -0.39 is 0 Å². The first-order chi connectivity index (χ1) is 13.7. The van der Waals surface area contributed by atoms with Crippen molar-refractivity contribution in [2.75, 3.05) is 6.54 Å². The average Bonchev–Trinajstić information content (AvgIpc) is 3.15. The van der Waals surface area contributed by atoms with Gasteiger partial charge in [0.15, 0.2) is 5.69 Å². The normalized spacial score (nSPS) is 22.6. The van der Waals surface area contributed by atoms with E-state index in [1.807, 2.05) is 0 Å². The monoisotopic (exact) mass is 385 g/mol. The van der Waals surface area contributed by atoms with E-state index in [-0.39, 0.29) is 5.91 Å². The molecule has 1 atom stereocenters. The lowest BCUT2D eigenvalue weighted by Crippen LogP contribution is -2.43. The second kappa shape index (κ2) is 9.00. The third kappa shape index (κ3) is 3.89. The minimum Gasteiger partial charge on any atom is -0.335 e. The molecular formula is C24H39N3O. The van der Waals surface area contributed by atoms with Gasteiger partial charge in [0.1, 0.15) is 0 Å². The molecule has 4 heteroatoms. The molecule has 0 aromatic carbocycles. The Morgan fingerprint density at radius 1 is 1.00 bits per heavy atom. The molecule has 28 heavy (non-hydrogen) atoms. The van der Waals surface area contributed by atoms with Crippen LogP contribution >= 0.6 is 0 Å². The van der Waals surface area contributed by atoms with Crippen LogP contribution in [0.1, 0.15) is 119 Å². The summed E-state index contributed by atoms with van der Waals surface area (Å²) < 4.78 is 2.31. The largest absolute Gasteiger partial charge is 0.335 e. The van der Waals surface area contributed by atoms with Crippen molar-refractivity contribution in [3.8, 4) is 0 Å². The SMILES string of the molecule is CCN(C(=O)c1nn(C2CCCCC2)c2c1CCCC2)[C@H](C)C1CCCCC1. The van der Waals surface area contributed by atoms with Gasteiger partial charge in [-0.25, -0.2) is 0 Å². The van der Waals surface area contributed by atoms with Gasteiger partial charge in [0.2, 0.25) is 0 Å². The first-order valence-corrected chi connectivity index (χ1v) is 12.1. The van der Waals surface area contributed by atoms with Crippen LogP contribution in [-0.4, -0.2) is 33.2 Å². The summed E-state index contributed by atoms with van der Waals surface area (Å²) in [6.45, 7) is 5.21. The number of amides is 1. The van der Waals surface area contributed by atoms with Crippen LogP contribution in [0.2, 0.25) is 0 Å². The minimum absolute atomic E-state index is 0.202. The predicted octanol–water partition coefficient (Wildman–Crippen LogP) is 5.70. The van der Waals surface area contributed by atoms with Crippen LogP contribution in [0, 0.1) is 5.92 Å². The van der Waals surface area contributed by atoms with Gasteiger partial charge in [-0.05, 0) is 71.1 Å². The molecule has 0 N–H and O–H groups in total. The summed E-state index contributed by atoms with van der Waals surface area (Å²) in [6, 6.07) is 0.852. The van der Waals surface area contributed by atoms with Crippen LogP contribution in [0.4, 0.5) is 0 Å². The first-order valence-electron chi connectivity index (χ1n) is 12.1. The van der Waals surface area contributed by atoms with Gasteiger partial charge < -0.3 is 4.90 Å². The number of hydrogen-bond donors (Lipinski definition) is 0. The minimum atomic E-state index is 0.202. The summed E-state index contributed by atoms with van der Waals surface area (Å²) in [5.41, 5.74) is 3.48. The standard InChI is InChI=1S/C24H39N3O/c1-3-26(18(2)19-12-6-4-7-13-19)24(28)23-21-16-10-11-17-22(21)27(25-23)20-14-8-5-9-15-20/h18-20H,3-17H2,1-2H3/t18-/m1/s1. The highest BCUT2D eigenvalue weighted by atomic mass is 16.2. The van der Waals surface area contributed by atoms with Crippen molar-refractivity contribution in [1.82, 2.24) is 14.7 Å². The van der Waals surface area contributed by atoms with Crippen LogP contribution < -0.4 is 0 Å². The van der Waals surface area contributed by atoms with Crippen molar-refractivity contribution in [2.24, 2.45) is 5.92 Å². The number of carbonyl (C=O) groups excluding carboxylic acids is 1. The third-order valence-electron chi connectivity index (χ3n) is 7.76. The maximum Gasteiger partial charge on any atom is 0.274 e. The summed E-state index contributed by atoms with van der Waals surface area (Å²) in [7, 11) is 0. The number of aromatic nitrogens is 2. The van der Waals surface area contributed by atoms with Gasteiger partial charge in [-0.3, -0.25) is 9.48 Å². The summed E-state index contributed by atoms with van der Waals surface area (Å²) in [5.74, 6) is 0.863. The molecule has 0 radical (unpaired) electrons. The van der Waals surface area contributed by atoms with Gasteiger partial charge in [0.25, 0.3) is 5.91 Å². The molecule has 0 unspecified atom stereocenters. The van der Waals surface area contributed by atoms with Crippen molar-refractivity contribution >= 4 is 5.91 Å². The molecule has 156 valence electrons. The van der Waals surface area contributed by atoms with Crippen LogP contribution in [-0.2, 0) is 12.8 Å². The zero-order valence-electron chi connectivity index (χ0n) is 18.1. The molecule has 2 fully saturated rings. The van der Waals surface area contributed by atoms with Gasteiger partial charge in [-0.1, -0.05) is 38.5 Å². The lowest BCUT2D eigenvalue weighted by Gasteiger charge is -2.36. The Balaban J connectivity index is 1.61. The molecule has 3 aliphatic carbocycles. The van der Waals surface area contributed by atoms with Crippen molar-refractivity contribution < 1.29 is 4.79 Å². The van der Waals surface area contributed by atoms with E-state index in [2.05, 4.69) is 23.4 Å². The molecule has 0 saturated heterocycles. The highest BCUT2D eigenvalue weighted by Gasteiger charge is 2.33. The van der Waals surface area contributed by atoms with Gasteiger partial charge in [-0.15, -0.1) is 0 Å². The van der Waals surface area contributed by atoms with Crippen LogP contribution in [0.25, 0.3) is 0 Å². The summed E-state index contributed by atoms with van der Waals surface area (Å²) in [4.78, 5) is 15.8. The Labute approximate surface area is 171 Å². The van der Waals surface area contributed by atoms with Crippen molar-refractivity contribution in [2.45, 2.75) is 116 Å². The Morgan fingerprint density at radius 2 is 1.64 bits per heavy atom. The fourth-order valence-electron chi connectivity index (χ4n) is 6.05. The Bertz CT molecular complexity index is 668. The van der Waals surface area contributed by atoms with Crippen LogP contribution in [0.3, 0.4) is 0 Å². The number of hydrogen-bond acceptors (Lipinski definition) is 2. The molecule has 2 saturated carbocycles. The van der Waals surface area contributed by atoms with Crippen LogP contribution in [0.15, 0.2) is 0 Å². The number of fused-ring (bicyclic) bond motifs is 1. The molecule has 0 bridgehead atoms. The van der Waals surface area contributed by atoms with E-state index in [1.165, 1.54) is 88.3 Å². The maximum atomic E-state index is 13.7. The van der Waals surface area contributed by atoms with E-state index in [9.17, 15) is 4.79 Å². The van der Waals surface area contributed by atoms with Gasteiger partial charge >= 0.3 is 0 Å². The van der Waals surface area contributed by atoms with E-state index in [4.69, 9.17) is 5.10 Å². The van der Waals surface area contributed by atoms with Crippen molar-refractivity contribution in [1.29, 1.82) is 0 Å². The highest BCUT2D eigenvalue weighted by molar-refractivity contribution is 5.94. The second-order valence-electron chi connectivity index (χ2n) is 9.45. The molecular weight excluding hydrogens is 346 g/mol. The van der Waals surface area contributed by atoms with Gasteiger partial charge in [0.05, 0.1) is 6.04 Å². The molecule has 1 aromatic heterocycles. The lowest BCUT2D eigenvalue weighted by atomic mass is 9.83. The maximum absolute atomic E-state index is 13.7. The molecule has 3 aliphatic rings. The van der Waals surface area contributed by atoms with Gasteiger partial charge in [-0.2, -0.15) is 5.10 Å². The molecule has 1 heterocycles. The van der Waals surface area contributed by atoms with E-state index in [0.717, 1.165) is 25.1 Å². The topological polar surface area (TPSA) is 38.1 Å². The Morgan fingerprint density at radius 3 is 2.32 bits per heavy atom. The van der Waals surface area contributed by atoms with E-state index in [1.54, 1.807) is 0 Å². The summed E-state index contributed by atoms with van der Waals surface area (Å²) in [6.07, 6.45) is 17.6. The fourth-order valence-corrected chi connectivity index (χ4v) is 6.05. The summed E-state index contributed by atoms with van der Waals surface area (Å²) in [5, 5.41) is 5.04.